The zero-order valence-corrected chi connectivity index (χ0v) is 16.1. The van der Waals surface area contributed by atoms with E-state index in [2.05, 4.69) is 5.32 Å². The van der Waals surface area contributed by atoms with Crippen LogP contribution in [0.2, 0.25) is 0 Å². The standard InChI is InChI=1S/C20H23FN2O3S/c1-15-5-10-18(21)19(13-15)22-20(24)14-16-6-8-17(9-7-16)27(25,26)23-11-3-2-4-12-23/h5-10,13H,2-4,11-12,14H2,1H3,(H,22,24). The van der Waals surface area contributed by atoms with Crippen LogP contribution >= 0.6 is 0 Å². The highest BCUT2D eigenvalue weighted by molar-refractivity contribution is 7.89. The summed E-state index contributed by atoms with van der Waals surface area (Å²) < 4.78 is 40.5. The maximum Gasteiger partial charge on any atom is 0.243 e. The molecule has 27 heavy (non-hydrogen) atoms. The third-order valence-corrected chi connectivity index (χ3v) is 6.55. The molecular formula is C20H23FN2O3S. The Morgan fingerprint density at radius 3 is 2.41 bits per heavy atom. The highest BCUT2D eigenvalue weighted by atomic mass is 32.2. The van der Waals surface area contributed by atoms with Crippen molar-refractivity contribution in [2.24, 2.45) is 0 Å². The van der Waals surface area contributed by atoms with Gasteiger partial charge in [0.15, 0.2) is 0 Å². The lowest BCUT2D eigenvalue weighted by molar-refractivity contribution is -0.115. The molecule has 1 aliphatic heterocycles. The van der Waals surface area contributed by atoms with Crippen LogP contribution in [-0.2, 0) is 21.2 Å². The summed E-state index contributed by atoms with van der Waals surface area (Å²) in [7, 11) is -3.48. The normalized spacial score (nSPS) is 15.5. The number of rotatable bonds is 5. The zero-order valence-electron chi connectivity index (χ0n) is 15.2. The van der Waals surface area contributed by atoms with Crippen molar-refractivity contribution in [2.45, 2.75) is 37.5 Å². The van der Waals surface area contributed by atoms with Crippen molar-refractivity contribution in [3.8, 4) is 0 Å². The van der Waals surface area contributed by atoms with Crippen LogP contribution in [0.15, 0.2) is 47.4 Å². The molecule has 1 N–H and O–H groups in total. The number of carbonyl (C=O) groups excluding carboxylic acids is 1. The number of anilines is 1. The quantitative estimate of drug-likeness (QED) is 0.850. The molecule has 2 aromatic carbocycles. The summed E-state index contributed by atoms with van der Waals surface area (Å²) in [6, 6.07) is 10.8. The van der Waals surface area contributed by atoms with Crippen molar-refractivity contribution in [3.63, 3.8) is 0 Å². The Hall–Kier alpha value is -2.25. The van der Waals surface area contributed by atoms with Crippen LogP contribution in [-0.4, -0.2) is 31.7 Å². The first-order chi connectivity index (χ1) is 12.9. The van der Waals surface area contributed by atoms with E-state index in [4.69, 9.17) is 0 Å². The van der Waals surface area contributed by atoms with Crippen molar-refractivity contribution in [1.29, 1.82) is 0 Å². The summed E-state index contributed by atoms with van der Waals surface area (Å²) in [6.45, 7) is 2.92. The number of aryl methyl sites for hydroxylation is 1. The van der Waals surface area contributed by atoms with Gasteiger partial charge in [-0.15, -0.1) is 0 Å². The first kappa shape index (κ1) is 19.5. The predicted molar refractivity (Wildman–Crippen MR) is 103 cm³/mol. The van der Waals surface area contributed by atoms with Gasteiger partial charge in [-0.05, 0) is 55.2 Å². The van der Waals surface area contributed by atoms with Crippen LogP contribution in [0.5, 0.6) is 0 Å². The molecule has 0 aromatic heterocycles. The van der Waals surface area contributed by atoms with Gasteiger partial charge in [-0.1, -0.05) is 24.6 Å². The first-order valence-corrected chi connectivity index (χ1v) is 10.5. The molecule has 0 atom stereocenters. The Bertz CT molecular complexity index is 921. The van der Waals surface area contributed by atoms with Crippen LogP contribution in [0.4, 0.5) is 10.1 Å². The molecule has 0 spiro atoms. The summed E-state index contributed by atoms with van der Waals surface area (Å²) in [5.41, 5.74) is 1.65. The number of hydrogen-bond donors (Lipinski definition) is 1. The fraction of sp³-hybridized carbons (Fsp3) is 0.350. The summed E-state index contributed by atoms with van der Waals surface area (Å²) in [4.78, 5) is 12.4. The molecule has 1 aliphatic rings. The van der Waals surface area contributed by atoms with E-state index in [-0.39, 0.29) is 22.9 Å². The van der Waals surface area contributed by atoms with E-state index in [0.29, 0.717) is 18.7 Å². The third kappa shape index (κ3) is 4.73. The number of nitrogens with one attached hydrogen (secondary N) is 1. The lowest BCUT2D eigenvalue weighted by Crippen LogP contribution is -2.35. The lowest BCUT2D eigenvalue weighted by Gasteiger charge is -2.25. The highest BCUT2D eigenvalue weighted by Gasteiger charge is 2.25. The van der Waals surface area contributed by atoms with Crippen molar-refractivity contribution in [3.05, 3.63) is 59.4 Å². The lowest BCUT2D eigenvalue weighted by atomic mass is 10.1. The Balaban J connectivity index is 1.66. The van der Waals surface area contributed by atoms with Gasteiger partial charge in [0, 0.05) is 13.1 Å². The van der Waals surface area contributed by atoms with Gasteiger partial charge in [0.05, 0.1) is 17.0 Å². The maximum absolute atomic E-state index is 13.7. The van der Waals surface area contributed by atoms with Gasteiger partial charge in [-0.25, -0.2) is 12.8 Å². The molecule has 1 saturated heterocycles. The molecule has 144 valence electrons. The van der Waals surface area contributed by atoms with Crippen molar-refractivity contribution < 1.29 is 17.6 Å². The van der Waals surface area contributed by atoms with E-state index in [1.165, 1.54) is 22.5 Å². The molecular weight excluding hydrogens is 367 g/mol. The van der Waals surface area contributed by atoms with E-state index in [0.717, 1.165) is 24.8 Å². The summed E-state index contributed by atoms with van der Waals surface area (Å²) in [6.07, 6.45) is 2.86. The van der Waals surface area contributed by atoms with Crippen LogP contribution in [0.25, 0.3) is 0 Å². The van der Waals surface area contributed by atoms with Gasteiger partial charge < -0.3 is 5.32 Å². The highest BCUT2D eigenvalue weighted by Crippen LogP contribution is 2.21. The van der Waals surface area contributed by atoms with Crippen LogP contribution in [0, 0.1) is 12.7 Å². The summed E-state index contributed by atoms with van der Waals surface area (Å²) >= 11 is 0. The molecule has 0 saturated carbocycles. The third-order valence-electron chi connectivity index (χ3n) is 4.64. The molecule has 5 nitrogen and oxygen atoms in total. The second kappa shape index (κ2) is 8.19. The largest absolute Gasteiger partial charge is 0.323 e. The van der Waals surface area contributed by atoms with Gasteiger partial charge in [-0.3, -0.25) is 4.79 Å². The molecule has 3 rings (SSSR count). The second-order valence-corrected chi connectivity index (χ2v) is 8.75. The second-order valence-electron chi connectivity index (χ2n) is 6.82. The van der Waals surface area contributed by atoms with Crippen LogP contribution < -0.4 is 5.32 Å². The number of piperidine rings is 1. The molecule has 1 fully saturated rings. The van der Waals surface area contributed by atoms with E-state index in [1.54, 1.807) is 24.3 Å². The van der Waals surface area contributed by atoms with Gasteiger partial charge in [0.2, 0.25) is 15.9 Å². The molecule has 1 amide bonds. The number of nitrogens with zero attached hydrogens (tertiary/aromatic N) is 1. The van der Waals surface area contributed by atoms with Crippen molar-refractivity contribution >= 4 is 21.6 Å². The Kier molecular flexibility index (Phi) is 5.92. The number of hydrogen-bond acceptors (Lipinski definition) is 3. The van der Waals surface area contributed by atoms with Gasteiger partial charge >= 0.3 is 0 Å². The first-order valence-electron chi connectivity index (χ1n) is 9.01. The Labute approximate surface area is 159 Å². The van der Waals surface area contributed by atoms with Gasteiger partial charge in [0.25, 0.3) is 0 Å². The number of benzene rings is 2. The molecule has 0 bridgehead atoms. The predicted octanol–water partition coefficient (Wildman–Crippen LogP) is 3.49. The molecule has 0 aliphatic carbocycles. The summed E-state index contributed by atoms with van der Waals surface area (Å²) in [5, 5.41) is 2.56. The number of halogens is 1. The zero-order chi connectivity index (χ0) is 19.4. The van der Waals surface area contributed by atoms with Gasteiger partial charge in [0.1, 0.15) is 5.82 Å². The molecule has 0 radical (unpaired) electrons. The minimum absolute atomic E-state index is 0.0391. The molecule has 1 heterocycles. The van der Waals surface area contributed by atoms with E-state index >= 15 is 0 Å². The number of carbonyl (C=O) groups is 1. The SMILES string of the molecule is Cc1ccc(F)c(NC(=O)Cc2ccc(S(=O)(=O)N3CCCCC3)cc2)c1. The average Bonchev–Trinajstić information content (AvgIpc) is 2.66. The van der Waals surface area contributed by atoms with Crippen molar-refractivity contribution in [1.82, 2.24) is 4.31 Å². The van der Waals surface area contributed by atoms with E-state index < -0.39 is 15.8 Å². The smallest absolute Gasteiger partial charge is 0.243 e. The van der Waals surface area contributed by atoms with E-state index in [1.807, 2.05) is 6.92 Å². The summed E-state index contributed by atoms with van der Waals surface area (Å²) in [5.74, 6) is -0.844. The molecule has 7 heteroatoms. The number of sulfonamides is 1. The minimum atomic E-state index is -3.48. The van der Waals surface area contributed by atoms with Crippen LogP contribution in [0.3, 0.4) is 0 Å². The number of amides is 1. The van der Waals surface area contributed by atoms with Crippen molar-refractivity contribution in [2.75, 3.05) is 18.4 Å². The fourth-order valence-electron chi connectivity index (χ4n) is 3.15. The molecule has 0 unspecified atom stereocenters. The molecule has 2 aromatic rings. The topological polar surface area (TPSA) is 66.5 Å². The maximum atomic E-state index is 13.7. The Morgan fingerprint density at radius 2 is 1.74 bits per heavy atom. The monoisotopic (exact) mass is 390 g/mol. The average molecular weight is 390 g/mol. The fourth-order valence-corrected chi connectivity index (χ4v) is 4.67. The van der Waals surface area contributed by atoms with Gasteiger partial charge in [-0.2, -0.15) is 4.31 Å². The Morgan fingerprint density at radius 1 is 1.07 bits per heavy atom. The minimum Gasteiger partial charge on any atom is -0.323 e. The van der Waals surface area contributed by atoms with Crippen LogP contribution in [0.1, 0.15) is 30.4 Å². The van der Waals surface area contributed by atoms with E-state index in [9.17, 15) is 17.6 Å².